The Morgan fingerprint density at radius 1 is 1.38 bits per heavy atom. The van der Waals surface area contributed by atoms with Crippen LogP contribution in [-0.4, -0.2) is 39.5 Å². The second kappa shape index (κ2) is 7.11. The van der Waals surface area contributed by atoms with Crippen LogP contribution in [0, 0.1) is 0 Å². The number of aromatic nitrogens is 1. The number of carbonyl (C=O) groups excluding carboxylic acids is 1. The van der Waals surface area contributed by atoms with Crippen LogP contribution in [0.1, 0.15) is 37.8 Å². The number of carbonyl (C=O) groups is 2. The van der Waals surface area contributed by atoms with E-state index in [1.807, 2.05) is 18.0 Å². The third-order valence-corrected chi connectivity index (χ3v) is 4.08. The highest BCUT2D eigenvalue weighted by molar-refractivity contribution is 5.85. The highest BCUT2D eigenvalue weighted by Gasteiger charge is 2.22. The van der Waals surface area contributed by atoms with E-state index in [1.165, 1.54) is 25.3 Å². The summed E-state index contributed by atoms with van der Waals surface area (Å²) in [5.41, 5.74) is 0.725. The largest absolute Gasteiger partial charge is 0.478 e. The van der Waals surface area contributed by atoms with Gasteiger partial charge in [-0.2, -0.15) is 0 Å². The van der Waals surface area contributed by atoms with Crippen LogP contribution in [0.3, 0.4) is 0 Å². The number of amides is 1. The average Bonchev–Trinajstić information content (AvgIpc) is 2.92. The minimum absolute atomic E-state index is 0.0723. The number of aliphatic carboxylic acids is 1. The zero-order valence-corrected chi connectivity index (χ0v) is 12.4. The molecule has 1 aromatic heterocycles. The van der Waals surface area contributed by atoms with Crippen molar-refractivity contribution in [1.82, 2.24) is 9.47 Å². The van der Waals surface area contributed by atoms with Crippen LogP contribution >= 0.6 is 0 Å². The van der Waals surface area contributed by atoms with Gasteiger partial charge in [-0.05, 0) is 31.1 Å². The average molecular weight is 290 g/mol. The summed E-state index contributed by atoms with van der Waals surface area (Å²) in [6.07, 6.45) is 10.2. The highest BCUT2D eigenvalue weighted by atomic mass is 16.4. The van der Waals surface area contributed by atoms with Crippen molar-refractivity contribution in [2.75, 3.05) is 7.05 Å². The first-order valence-electron chi connectivity index (χ1n) is 7.39. The van der Waals surface area contributed by atoms with Crippen LogP contribution in [0.25, 0.3) is 6.08 Å². The van der Waals surface area contributed by atoms with Crippen molar-refractivity contribution in [3.05, 3.63) is 30.1 Å². The number of rotatable bonds is 5. The molecular weight excluding hydrogens is 268 g/mol. The highest BCUT2D eigenvalue weighted by Crippen LogP contribution is 2.22. The Morgan fingerprint density at radius 2 is 2.10 bits per heavy atom. The van der Waals surface area contributed by atoms with Gasteiger partial charge >= 0.3 is 5.97 Å². The molecule has 0 aromatic carbocycles. The fourth-order valence-corrected chi connectivity index (χ4v) is 2.81. The summed E-state index contributed by atoms with van der Waals surface area (Å²) >= 11 is 0. The Kier molecular flexibility index (Phi) is 5.20. The number of carboxylic acid groups (broad SMARTS) is 1. The van der Waals surface area contributed by atoms with Gasteiger partial charge < -0.3 is 14.6 Å². The van der Waals surface area contributed by atoms with Crippen molar-refractivity contribution in [1.29, 1.82) is 0 Å². The molecule has 0 unspecified atom stereocenters. The lowest BCUT2D eigenvalue weighted by atomic mass is 9.94. The van der Waals surface area contributed by atoms with Gasteiger partial charge in [-0.25, -0.2) is 4.79 Å². The quantitative estimate of drug-likeness (QED) is 0.847. The minimum atomic E-state index is -0.992. The maximum absolute atomic E-state index is 12.4. The van der Waals surface area contributed by atoms with Crippen molar-refractivity contribution in [3.8, 4) is 0 Å². The van der Waals surface area contributed by atoms with Gasteiger partial charge in [0.2, 0.25) is 5.91 Å². The summed E-state index contributed by atoms with van der Waals surface area (Å²) in [6, 6.07) is 3.96. The Hall–Kier alpha value is -2.04. The van der Waals surface area contributed by atoms with Gasteiger partial charge in [0, 0.05) is 31.1 Å². The van der Waals surface area contributed by atoms with Crippen molar-refractivity contribution < 1.29 is 14.7 Å². The number of carboxylic acids is 1. The lowest BCUT2D eigenvalue weighted by molar-refractivity contribution is -0.133. The van der Waals surface area contributed by atoms with Crippen molar-refractivity contribution in [3.63, 3.8) is 0 Å². The third kappa shape index (κ3) is 4.21. The Morgan fingerprint density at radius 3 is 2.76 bits per heavy atom. The molecule has 1 aliphatic rings. The second-order valence-electron chi connectivity index (χ2n) is 5.53. The van der Waals surface area contributed by atoms with Crippen molar-refractivity contribution in [2.45, 2.75) is 44.7 Å². The first-order valence-corrected chi connectivity index (χ1v) is 7.39. The van der Waals surface area contributed by atoms with Crippen LogP contribution in [0.15, 0.2) is 24.4 Å². The first kappa shape index (κ1) is 15.4. The fourth-order valence-electron chi connectivity index (χ4n) is 2.81. The predicted octanol–water partition coefficient (Wildman–Crippen LogP) is 2.38. The fraction of sp³-hybridized carbons (Fsp3) is 0.500. The molecule has 0 aliphatic heterocycles. The monoisotopic (exact) mass is 290 g/mol. The number of hydrogen-bond donors (Lipinski definition) is 1. The molecule has 2 rings (SSSR count). The molecule has 0 spiro atoms. The molecule has 114 valence electrons. The van der Waals surface area contributed by atoms with E-state index in [4.69, 9.17) is 5.11 Å². The molecule has 1 aliphatic carbocycles. The van der Waals surface area contributed by atoms with E-state index >= 15 is 0 Å². The molecule has 0 atom stereocenters. The van der Waals surface area contributed by atoms with Gasteiger partial charge in [0.05, 0.1) is 0 Å². The van der Waals surface area contributed by atoms with Gasteiger partial charge in [0.15, 0.2) is 0 Å². The summed E-state index contributed by atoms with van der Waals surface area (Å²) in [7, 11) is 1.87. The van der Waals surface area contributed by atoms with Crippen LogP contribution in [0.5, 0.6) is 0 Å². The number of nitrogens with zero attached hydrogens (tertiary/aromatic N) is 2. The number of hydrogen-bond acceptors (Lipinski definition) is 2. The zero-order valence-electron chi connectivity index (χ0n) is 12.4. The van der Waals surface area contributed by atoms with E-state index in [-0.39, 0.29) is 12.5 Å². The second-order valence-corrected chi connectivity index (χ2v) is 5.53. The maximum atomic E-state index is 12.4. The molecule has 5 heteroatoms. The summed E-state index contributed by atoms with van der Waals surface area (Å²) in [4.78, 5) is 24.8. The molecule has 5 nitrogen and oxygen atoms in total. The van der Waals surface area contributed by atoms with Crippen LogP contribution in [0.2, 0.25) is 0 Å². The molecule has 0 radical (unpaired) electrons. The molecule has 1 aromatic rings. The van der Waals surface area contributed by atoms with E-state index < -0.39 is 5.97 Å². The smallest absolute Gasteiger partial charge is 0.328 e. The van der Waals surface area contributed by atoms with Crippen LogP contribution < -0.4 is 0 Å². The first-order chi connectivity index (χ1) is 10.1. The van der Waals surface area contributed by atoms with Crippen molar-refractivity contribution in [2.24, 2.45) is 0 Å². The molecule has 1 heterocycles. The topological polar surface area (TPSA) is 62.5 Å². The molecular formula is C16H22N2O3. The molecule has 0 bridgehead atoms. The van der Waals surface area contributed by atoms with Gasteiger partial charge in [0.1, 0.15) is 6.54 Å². The molecule has 21 heavy (non-hydrogen) atoms. The van der Waals surface area contributed by atoms with Crippen LogP contribution in [0.4, 0.5) is 0 Å². The number of likely N-dealkylation sites (N-methyl/N-ethyl adjacent to an activating group) is 1. The van der Waals surface area contributed by atoms with Gasteiger partial charge in [-0.15, -0.1) is 0 Å². The molecule has 1 fully saturated rings. The van der Waals surface area contributed by atoms with E-state index in [1.54, 1.807) is 16.8 Å². The van der Waals surface area contributed by atoms with E-state index in [0.717, 1.165) is 24.6 Å². The van der Waals surface area contributed by atoms with E-state index in [9.17, 15) is 9.59 Å². The van der Waals surface area contributed by atoms with Gasteiger partial charge in [0.25, 0.3) is 0 Å². The molecule has 1 saturated carbocycles. The van der Waals surface area contributed by atoms with Gasteiger partial charge in [-0.1, -0.05) is 19.3 Å². The lowest BCUT2D eigenvalue weighted by Gasteiger charge is -2.31. The SMILES string of the molecule is CN(C(=O)Cn1cccc1/C=C/C(=O)O)C1CCCCC1. The van der Waals surface area contributed by atoms with Crippen LogP contribution in [-0.2, 0) is 16.1 Å². The predicted molar refractivity (Wildman–Crippen MR) is 80.7 cm³/mol. The Labute approximate surface area is 124 Å². The molecule has 1 N–H and O–H groups in total. The van der Waals surface area contributed by atoms with E-state index in [2.05, 4.69) is 0 Å². The lowest BCUT2D eigenvalue weighted by Crippen LogP contribution is -2.40. The third-order valence-electron chi connectivity index (χ3n) is 4.08. The zero-order chi connectivity index (χ0) is 15.2. The van der Waals surface area contributed by atoms with Gasteiger partial charge in [-0.3, -0.25) is 4.79 Å². The molecule has 0 saturated heterocycles. The Balaban J connectivity index is 1.99. The van der Waals surface area contributed by atoms with E-state index in [0.29, 0.717) is 6.04 Å². The normalized spacial score (nSPS) is 16.2. The summed E-state index contributed by atoms with van der Waals surface area (Å²) < 4.78 is 1.78. The minimum Gasteiger partial charge on any atom is -0.478 e. The summed E-state index contributed by atoms with van der Waals surface area (Å²) in [5, 5.41) is 8.67. The maximum Gasteiger partial charge on any atom is 0.328 e. The molecule has 1 amide bonds. The summed E-state index contributed by atoms with van der Waals surface area (Å²) in [6.45, 7) is 0.249. The van der Waals surface area contributed by atoms with Crippen molar-refractivity contribution >= 4 is 18.0 Å². The summed E-state index contributed by atoms with van der Waals surface area (Å²) in [5.74, 6) is -0.920. The standard InChI is InChI=1S/C16H22N2O3/c1-17(13-6-3-2-4-7-13)15(19)12-18-11-5-8-14(18)9-10-16(20)21/h5,8-11,13H,2-4,6-7,12H2,1H3,(H,20,21)/b10-9+. The Bertz CT molecular complexity index is 527.